The van der Waals surface area contributed by atoms with Gasteiger partial charge in [-0.05, 0) is 55.8 Å². The van der Waals surface area contributed by atoms with E-state index in [0.29, 0.717) is 22.9 Å². The van der Waals surface area contributed by atoms with E-state index in [2.05, 4.69) is 10.6 Å². The van der Waals surface area contributed by atoms with Crippen LogP contribution in [0.5, 0.6) is 5.75 Å². The Morgan fingerprint density at radius 2 is 1.89 bits per heavy atom. The van der Waals surface area contributed by atoms with Crippen LogP contribution in [0.2, 0.25) is 5.02 Å². The normalized spacial score (nSPS) is 14.8. The highest BCUT2D eigenvalue weighted by Crippen LogP contribution is 2.27. The molecule has 142 valence electrons. The number of carbonyl (C=O) groups is 2. The van der Waals surface area contributed by atoms with Crippen LogP contribution in [0.15, 0.2) is 42.5 Å². The van der Waals surface area contributed by atoms with Crippen molar-refractivity contribution in [3.05, 3.63) is 47.5 Å². The number of hydrogen-bond acceptors (Lipinski definition) is 4. The quantitative estimate of drug-likeness (QED) is 0.788. The maximum atomic E-state index is 12.4. The minimum atomic E-state index is -0.454. The molecule has 0 spiro atoms. The van der Waals surface area contributed by atoms with E-state index in [0.717, 1.165) is 24.3 Å². The van der Waals surface area contributed by atoms with Crippen LogP contribution in [0.1, 0.15) is 19.8 Å². The Kier molecular flexibility index (Phi) is 5.86. The Balaban J connectivity index is 1.59. The number of carbonyl (C=O) groups excluding carboxylic acids is 2. The third-order valence-electron chi connectivity index (χ3n) is 4.45. The van der Waals surface area contributed by atoms with Gasteiger partial charge in [-0.1, -0.05) is 11.6 Å². The highest BCUT2D eigenvalue weighted by molar-refractivity contribution is 6.32. The fourth-order valence-electron chi connectivity index (χ4n) is 2.97. The molecule has 2 amide bonds. The second-order valence-corrected chi connectivity index (χ2v) is 6.81. The number of anilines is 3. The van der Waals surface area contributed by atoms with Crippen LogP contribution < -0.4 is 20.3 Å². The second kappa shape index (κ2) is 8.31. The van der Waals surface area contributed by atoms with Crippen molar-refractivity contribution in [2.45, 2.75) is 25.8 Å². The molecular weight excluding hydrogens is 366 g/mol. The first-order valence-corrected chi connectivity index (χ1v) is 9.17. The fourth-order valence-corrected chi connectivity index (χ4v) is 3.23. The van der Waals surface area contributed by atoms with Crippen molar-refractivity contribution in [2.24, 2.45) is 0 Å². The van der Waals surface area contributed by atoms with Gasteiger partial charge in [-0.25, -0.2) is 0 Å². The minimum Gasteiger partial charge on any atom is -0.495 e. The average molecular weight is 388 g/mol. The van der Waals surface area contributed by atoms with Gasteiger partial charge in [-0.2, -0.15) is 0 Å². The molecule has 1 unspecified atom stereocenters. The van der Waals surface area contributed by atoms with E-state index in [-0.39, 0.29) is 11.8 Å². The summed E-state index contributed by atoms with van der Waals surface area (Å²) < 4.78 is 5.10. The summed E-state index contributed by atoms with van der Waals surface area (Å²) in [5, 5.41) is 6.41. The van der Waals surface area contributed by atoms with Gasteiger partial charge >= 0.3 is 0 Å². The predicted molar refractivity (Wildman–Crippen MR) is 108 cm³/mol. The summed E-state index contributed by atoms with van der Waals surface area (Å²) in [6.45, 7) is 2.53. The number of nitrogens with zero attached hydrogens (tertiary/aromatic N) is 1. The van der Waals surface area contributed by atoms with E-state index < -0.39 is 6.04 Å². The third-order valence-corrected chi connectivity index (χ3v) is 4.74. The predicted octanol–water partition coefficient (Wildman–Crippen LogP) is 3.91. The molecule has 2 N–H and O–H groups in total. The van der Waals surface area contributed by atoms with E-state index in [1.807, 2.05) is 24.3 Å². The molecule has 1 heterocycles. The molecule has 1 saturated heterocycles. The van der Waals surface area contributed by atoms with Crippen molar-refractivity contribution in [3.8, 4) is 5.75 Å². The molecular formula is C20H22ClN3O3. The SMILES string of the molecule is COc1ccc(NC(=O)C(C)Nc2ccc(N3CCCC3=O)cc2)cc1Cl. The fraction of sp³-hybridized carbons (Fsp3) is 0.300. The highest BCUT2D eigenvalue weighted by Gasteiger charge is 2.21. The van der Waals surface area contributed by atoms with Crippen molar-refractivity contribution in [3.63, 3.8) is 0 Å². The number of nitrogens with one attached hydrogen (secondary N) is 2. The molecule has 0 radical (unpaired) electrons. The lowest BCUT2D eigenvalue weighted by molar-refractivity contribution is -0.117. The van der Waals surface area contributed by atoms with Crippen LogP contribution in [-0.2, 0) is 9.59 Å². The monoisotopic (exact) mass is 387 g/mol. The molecule has 0 saturated carbocycles. The summed E-state index contributed by atoms with van der Waals surface area (Å²) in [7, 11) is 1.54. The Morgan fingerprint density at radius 3 is 2.48 bits per heavy atom. The van der Waals surface area contributed by atoms with Gasteiger partial charge in [0.05, 0.1) is 12.1 Å². The van der Waals surface area contributed by atoms with E-state index >= 15 is 0 Å². The zero-order valence-corrected chi connectivity index (χ0v) is 16.0. The van der Waals surface area contributed by atoms with Crippen LogP contribution >= 0.6 is 11.6 Å². The number of halogens is 1. The maximum Gasteiger partial charge on any atom is 0.246 e. The Labute approximate surface area is 163 Å². The number of hydrogen-bond donors (Lipinski definition) is 2. The van der Waals surface area contributed by atoms with Gasteiger partial charge in [0.25, 0.3) is 0 Å². The summed E-state index contributed by atoms with van der Waals surface area (Å²) in [5.74, 6) is 0.522. The lowest BCUT2D eigenvalue weighted by atomic mass is 10.2. The highest BCUT2D eigenvalue weighted by atomic mass is 35.5. The average Bonchev–Trinajstić information content (AvgIpc) is 3.08. The smallest absolute Gasteiger partial charge is 0.246 e. The molecule has 3 rings (SSSR count). The Morgan fingerprint density at radius 1 is 1.19 bits per heavy atom. The topological polar surface area (TPSA) is 70.7 Å². The van der Waals surface area contributed by atoms with Gasteiger partial charge < -0.3 is 20.3 Å². The number of amides is 2. The number of rotatable bonds is 6. The summed E-state index contributed by atoms with van der Waals surface area (Å²) in [5.41, 5.74) is 2.29. The van der Waals surface area contributed by atoms with Gasteiger partial charge in [-0.15, -0.1) is 0 Å². The summed E-state index contributed by atoms with van der Waals surface area (Å²) in [6, 6.07) is 12.1. The van der Waals surface area contributed by atoms with Gasteiger partial charge in [-0.3, -0.25) is 9.59 Å². The van der Waals surface area contributed by atoms with Crippen LogP contribution in [-0.4, -0.2) is 31.5 Å². The lowest BCUT2D eigenvalue weighted by Crippen LogP contribution is -2.31. The first-order chi connectivity index (χ1) is 13.0. The maximum absolute atomic E-state index is 12.4. The molecule has 0 aliphatic carbocycles. The van der Waals surface area contributed by atoms with Crippen LogP contribution in [0.25, 0.3) is 0 Å². The molecule has 1 atom stereocenters. The molecule has 1 aliphatic heterocycles. The summed E-state index contributed by atoms with van der Waals surface area (Å²) >= 11 is 6.08. The van der Waals surface area contributed by atoms with E-state index in [4.69, 9.17) is 16.3 Å². The summed E-state index contributed by atoms with van der Waals surface area (Å²) in [6.07, 6.45) is 1.50. The molecule has 1 aliphatic rings. The van der Waals surface area contributed by atoms with Crippen molar-refractivity contribution in [1.82, 2.24) is 0 Å². The molecule has 6 nitrogen and oxygen atoms in total. The van der Waals surface area contributed by atoms with Gasteiger partial charge in [0.2, 0.25) is 11.8 Å². The molecule has 1 fully saturated rings. The van der Waals surface area contributed by atoms with Crippen LogP contribution in [0, 0.1) is 0 Å². The Hall–Kier alpha value is -2.73. The first-order valence-electron chi connectivity index (χ1n) is 8.79. The van der Waals surface area contributed by atoms with Crippen molar-refractivity contribution < 1.29 is 14.3 Å². The molecule has 2 aromatic carbocycles. The number of benzene rings is 2. The molecule has 0 bridgehead atoms. The Bertz CT molecular complexity index is 839. The standard InChI is InChI=1S/C20H22ClN3O3/c1-13(20(26)23-15-7-10-18(27-2)17(21)12-15)22-14-5-8-16(9-6-14)24-11-3-4-19(24)25/h5-10,12-13,22H,3-4,11H2,1-2H3,(H,23,26). The molecule has 7 heteroatoms. The summed E-state index contributed by atoms with van der Waals surface area (Å²) in [4.78, 5) is 26.0. The molecule has 0 aromatic heterocycles. The van der Waals surface area contributed by atoms with E-state index in [1.54, 1.807) is 30.0 Å². The molecule has 2 aromatic rings. The zero-order valence-electron chi connectivity index (χ0n) is 15.3. The second-order valence-electron chi connectivity index (χ2n) is 6.40. The van der Waals surface area contributed by atoms with E-state index in [9.17, 15) is 9.59 Å². The van der Waals surface area contributed by atoms with E-state index in [1.165, 1.54) is 7.11 Å². The third kappa shape index (κ3) is 4.52. The number of ether oxygens (including phenoxy) is 1. The van der Waals surface area contributed by atoms with Gasteiger partial charge in [0.1, 0.15) is 11.8 Å². The van der Waals surface area contributed by atoms with Crippen molar-refractivity contribution >= 4 is 40.5 Å². The van der Waals surface area contributed by atoms with Gasteiger partial charge in [0.15, 0.2) is 0 Å². The van der Waals surface area contributed by atoms with Crippen molar-refractivity contribution in [1.29, 1.82) is 0 Å². The van der Waals surface area contributed by atoms with Gasteiger partial charge in [0, 0.05) is 30.0 Å². The van der Waals surface area contributed by atoms with Crippen LogP contribution in [0.3, 0.4) is 0 Å². The number of methoxy groups -OCH3 is 1. The first kappa shape index (κ1) is 19.0. The molecule has 27 heavy (non-hydrogen) atoms. The van der Waals surface area contributed by atoms with Crippen LogP contribution in [0.4, 0.5) is 17.1 Å². The van der Waals surface area contributed by atoms with Crippen molar-refractivity contribution in [2.75, 3.05) is 29.2 Å². The minimum absolute atomic E-state index is 0.154. The lowest BCUT2D eigenvalue weighted by Gasteiger charge is -2.18. The largest absolute Gasteiger partial charge is 0.495 e. The zero-order chi connectivity index (χ0) is 19.4.